The minimum atomic E-state index is -1.10. The molecule has 3 N–H and O–H groups in total. The fourth-order valence-electron chi connectivity index (χ4n) is 2.05. The van der Waals surface area contributed by atoms with Crippen molar-refractivity contribution in [2.45, 2.75) is 6.54 Å². The minimum Gasteiger partial charge on any atom is -0.478 e. The molecule has 3 rings (SSSR count). The van der Waals surface area contributed by atoms with E-state index in [2.05, 4.69) is 10.4 Å². The molecule has 0 fully saturated rings. The molecule has 0 unspecified atom stereocenters. The third-order valence-electron chi connectivity index (χ3n) is 3.01. The van der Waals surface area contributed by atoms with Crippen LogP contribution in [-0.2, 0) is 11.3 Å². The summed E-state index contributed by atoms with van der Waals surface area (Å²) in [6.07, 6.45) is 6.29. The first-order valence-electron chi connectivity index (χ1n) is 5.73. The average Bonchev–Trinajstić information content (AvgIpc) is 2.60. The molecule has 102 valence electrons. The van der Waals surface area contributed by atoms with E-state index in [9.17, 15) is 9.59 Å². The number of carbonyl (C=O) groups is 2. The van der Waals surface area contributed by atoms with Gasteiger partial charge in [0, 0.05) is 30.0 Å². The second-order valence-electron chi connectivity index (χ2n) is 4.26. The highest BCUT2D eigenvalue weighted by atomic mass is 16.4. The first kappa shape index (κ1) is 12.0. The number of carboxylic acids is 1. The standard InChI is InChI=1S/C12H10N4O4/c17-11(18)7-3-13-4-10-8-6-15(12(19)20)2-1-9(8)14-16(10)5-7/h1-4,6,13H,5H2,(H,17,18)(H,19,20). The van der Waals surface area contributed by atoms with Gasteiger partial charge in [-0.15, -0.1) is 0 Å². The van der Waals surface area contributed by atoms with Crippen LogP contribution in [0.1, 0.15) is 5.69 Å². The van der Waals surface area contributed by atoms with Gasteiger partial charge in [0.05, 0.1) is 23.2 Å². The maximum Gasteiger partial charge on any atom is 0.415 e. The summed E-state index contributed by atoms with van der Waals surface area (Å²) in [5.74, 6) is -1.03. The van der Waals surface area contributed by atoms with Crippen LogP contribution < -0.4 is 15.9 Å². The van der Waals surface area contributed by atoms with E-state index in [0.29, 0.717) is 16.3 Å². The van der Waals surface area contributed by atoms with E-state index in [4.69, 9.17) is 10.2 Å². The van der Waals surface area contributed by atoms with Gasteiger partial charge in [-0.25, -0.2) is 9.59 Å². The Labute approximate surface area is 112 Å². The van der Waals surface area contributed by atoms with Crippen LogP contribution in [0.4, 0.5) is 4.79 Å². The van der Waals surface area contributed by atoms with E-state index < -0.39 is 12.1 Å². The maximum atomic E-state index is 11.0. The fraction of sp³-hybridized carbons (Fsp3) is 0.0833. The Morgan fingerprint density at radius 1 is 1.30 bits per heavy atom. The number of carboxylic acid groups (broad SMARTS) is 2. The highest BCUT2D eigenvalue weighted by Gasteiger charge is 2.17. The Balaban J connectivity index is 2.13. The van der Waals surface area contributed by atoms with Crippen molar-refractivity contribution in [2.75, 3.05) is 0 Å². The molecule has 0 atom stereocenters. The van der Waals surface area contributed by atoms with E-state index in [1.54, 1.807) is 12.3 Å². The first-order valence-corrected chi connectivity index (χ1v) is 5.73. The SMILES string of the molecule is O=C(O)C1=CNC=c2c3c(nn2C1)C=CN(C(=O)O)C=3. The first-order chi connectivity index (χ1) is 9.56. The number of fused-ring (bicyclic) bond motifs is 3. The lowest BCUT2D eigenvalue weighted by Gasteiger charge is -2.10. The third-order valence-corrected chi connectivity index (χ3v) is 3.01. The molecule has 2 aliphatic heterocycles. The van der Waals surface area contributed by atoms with E-state index in [1.165, 1.54) is 23.3 Å². The van der Waals surface area contributed by atoms with Crippen LogP contribution >= 0.6 is 0 Å². The van der Waals surface area contributed by atoms with Crippen molar-refractivity contribution in [1.82, 2.24) is 20.0 Å². The molecule has 20 heavy (non-hydrogen) atoms. The van der Waals surface area contributed by atoms with Crippen molar-refractivity contribution >= 4 is 30.5 Å². The van der Waals surface area contributed by atoms with Gasteiger partial charge in [0.1, 0.15) is 0 Å². The number of rotatable bonds is 1. The summed E-state index contributed by atoms with van der Waals surface area (Å²) in [4.78, 5) is 23.0. The van der Waals surface area contributed by atoms with Crippen molar-refractivity contribution in [3.63, 3.8) is 0 Å². The minimum absolute atomic E-state index is 0.107. The predicted octanol–water partition coefficient (Wildman–Crippen LogP) is -1.10. The summed E-state index contributed by atoms with van der Waals surface area (Å²) in [6.45, 7) is 0.107. The van der Waals surface area contributed by atoms with E-state index in [0.717, 1.165) is 4.90 Å². The molecule has 1 aromatic rings. The molecule has 0 saturated carbocycles. The summed E-state index contributed by atoms with van der Waals surface area (Å²) in [5.41, 5.74) is 0.765. The van der Waals surface area contributed by atoms with Gasteiger partial charge in [0.2, 0.25) is 0 Å². The predicted molar refractivity (Wildman–Crippen MR) is 68.2 cm³/mol. The summed E-state index contributed by atoms with van der Waals surface area (Å²) >= 11 is 0. The van der Waals surface area contributed by atoms with Crippen LogP contribution in [-0.4, -0.2) is 37.0 Å². The van der Waals surface area contributed by atoms with Crippen LogP contribution in [0.5, 0.6) is 0 Å². The third kappa shape index (κ3) is 1.83. The van der Waals surface area contributed by atoms with E-state index in [1.807, 2.05) is 0 Å². The van der Waals surface area contributed by atoms with Crippen molar-refractivity contribution in [1.29, 1.82) is 0 Å². The Bertz CT molecular complexity index is 787. The summed E-state index contributed by atoms with van der Waals surface area (Å²) in [7, 11) is 0. The molecular weight excluding hydrogens is 264 g/mol. The average molecular weight is 274 g/mol. The monoisotopic (exact) mass is 274 g/mol. The molecule has 3 heterocycles. The molecule has 8 heteroatoms. The van der Waals surface area contributed by atoms with Gasteiger partial charge in [-0.3, -0.25) is 9.58 Å². The highest BCUT2D eigenvalue weighted by Crippen LogP contribution is 2.04. The highest BCUT2D eigenvalue weighted by molar-refractivity contribution is 5.86. The molecule has 8 nitrogen and oxygen atoms in total. The maximum absolute atomic E-state index is 11.0. The van der Waals surface area contributed by atoms with Crippen molar-refractivity contribution in [2.24, 2.45) is 0 Å². The molecule has 0 radical (unpaired) electrons. The molecule has 0 bridgehead atoms. The zero-order valence-electron chi connectivity index (χ0n) is 10.1. The fourth-order valence-corrected chi connectivity index (χ4v) is 2.05. The van der Waals surface area contributed by atoms with Crippen LogP contribution in [0.25, 0.3) is 18.5 Å². The Hall–Kier alpha value is -3.03. The number of aliphatic carboxylic acids is 1. The van der Waals surface area contributed by atoms with Crippen LogP contribution in [0.2, 0.25) is 0 Å². The van der Waals surface area contributed by atoms with Gasteiger partial charge in [0.15, 0.2) is 0 Å². The second kappa shape index (κ2) is 4.26. The molecule has 0 spiro atoms. The zero-order valence-corrected chi connectivity index (χ0v) is 10.1. The molecule has 0 saturated heterocycles. The molecule has 0 aromatic carbocycles. The lowest BCUT2D eigenvalue weighted by atomic mass is 10.2. The van der Waals surface area contributed by atoms with Crippen LogP contribution in [0.15, 0.2) is 18.0 Å². The normalized spacial score (nSPS) is 15.8. The Morgan fingerprint density at radius 3 is 2.80 bits per heavy atom. The molecular formula is C12H10N4O4. The van der Waals surface area contributed by atoms with Gasteiger partial charge in [-0.05, 0) is 6.08 Å². The second-order valence-corrected chi connectivity index (χ2v) is 4.26. The summed E-state index contributed by atoms with van der Waals surface area (Å²) in [6, 6.07) is 0. The molecule has 0 aliphatic carbocycles. The Kier molecular flexibility index (Phi) is 2.56. The number of aromatic nitrogens is 2. The number of hydrogen-bond donors (Lipinski definition) is 3. The molecule has 2 aliphatic rings. The van der Waals surface area contributed by atoms with Crippen LogP contribution in [0, 0.1) is 0 Å². The Morgan fingerprint density at radius 2 is 2.10 bits per heavy atom. The summed E-state index contributed by atoms with van der Waals surface area (Å²) in [5, 5.41) is 26.3. The van der Waals surface area contributed by atoms with Gasteiger partial charge < -0.3 is 15.5 Å². The van der Waals surface area contributed by atoms with Gasteiger partial charge in [0.25, 0.3) is 0 Å². The molecule has 1 aromatic heterocycles. The summed E-state index contributed by atoms with van der Waals surface area (Å²) < 4.78 is 1.52. The van der Waals surface area contributed by atoms with Crippen molar-refractivity contribution in [3.05, 3.63) is 34.2 Å². The van der Waals surface area contributed by atoms with Crippen molar-refractivity contribution in [3.8, 4) is 0 Å². The lowest BCUT2D eigenvalue weighted by molar-refractivity contribution is -0.132. The van der Waals surface area contributed by atoms with Gasteiger partial charge in [-0.2, -0.15) is 5.10 Å². The largest absolute Gasteiger partial charge is 0.478 e. The smallest absolute Gasteiger partial charge is 0.415 e. The quantitative estimate of drug-likeness (QED) is 0.599. The van der Waals surface area contributed by atoms with Gasteiger partial charge in [-0.1, -0.05) is 0 Å². The number of hydrogen-bond acceptors (Lipinski definition) is 4. The number of nitrogens with one attached hydrogen (secondary N) is 1. The zero-order chi connectivity index (χ0) is 14.3. The number of nitrogens with zero attached hydrogens (tertiary/aromatic N) is 3. The lowest BCUT2D eigenvalue weighted by Crippen LogP contribution is -2.35. The van der Waals surface area contributed by atoms with E-state index >= 15 is 0 Å². The molecule has 1 amide bonds. The number of amides is 1. The van der Waals surface area contributed by atoms with Crippen LogP contribution in [0.3, 0.4) is 0 Å². The topological polar surface area (TPSA) is 108 Å². The van der Waals surface area contributed by atoms with Gasteiger partial charge >= 0.3 is 12.1 Å². The van der Waals surface area contributed by atoms with Crippen molar-refractivity contribution < 1.29 is 19.8 Å². The van der Waals surface area contributed by atoms with E-state index in [-0.39, 0.29) is 12.1 Å².